The third-order valence-corrected chi connectivity index (χ3v) is 0.844. The third kappa shape index (κ3) is 0.889. The molecule has 38 valence electrons. The molecule has 0 spiro atoms. The van der Waals surface area contributed by atoms with E-state index in [0.29, 0.717) is 6.61 Å². The van der Waals surface area contributed by atoms with Crippen LogP contribution in [0, 0.1) is 11.3 Å². The summed E-state index contributed by atoms with van der Waals surface area (Å²) in [5.41, 5.74) is 0. The van der Waals surface area contributed by atoms with Gasteiger partial charge in [-0.05, 0) is 0 Å². The first-order valence-corrected chi connectivity index (χ1v) is 2.04. The Morgan fingerprint density at radius 1 is 2.00 bits per heavy atom. The van der Waals surface area contributed by atoms with Gasteiger partial charge in [-0.1, -0.05) is 0 Å². The number of epoxide rings is 1. The first-order chi connectivity index (χ1) is 3.34. The second-order valence-electron chi connectivity index (χ2n) is 1.45. The SMILES string of the molecule is N#C[C@@H](O)[C@H]1CO1. The Kier molecular flexibility index (Phi) is 0.970. The molecule has 0 radical (unpaired) electrons. The molecule has 7 heavy (non-hydrogen) atoms. The van der Waals surface area contributed by atoms with Crippen LogP contribution >= 0.6 is 0 Å². The molecule has 1 fully saturated rings. The zero-order valence-electron chi connectivity index (χ0n) is 3.66. The summed E-state index contributed by atoms with van der Waals surface area (Å²) in [7, 11) is 0. The van der Waals surface area contributed by atoms with E-state index in [1.54, 1.807) is 6.07 Å². The van der Waals surface area contributed by atoms with Gasteiger partial charge in [-0.3, -0.25) is 0 Å². The Morgan fingerprint density at radius 2 is 2.57 bits per heavy atom. The zero-order chi connectivity index (χ0) is 5.28. The lowest BCUT2D eigenvalue weighted by Gasteiger charge is -1.87. The third-order valence-electron chi connectivity index (χ3n) is 0.844. The van der Waals surface area contributed by atoms with Crippen molar-refractivity contribution in [2.75, 3.05) is 6.61 Å². The highest BCUT2D eigenvalue weighted by Gasteiger charge is 2.30. The molecule has 1 N–H and O–H groups in total. The van der Waals surface area contributed by atoms with Crippen LogP contribution in [0.3, 0.4) is 0 Å². The van der Waals surface area contributed by atoms with Crippen LogP contribution in [0.25, 0.3) is 0 Å². The summed E-state index contributed by atoms with van der Waals surface area (Å²) in [4.78, 5) is 0. The number of aliphatic hydroxyl groups excluding tert-OH is 1. The van der Waals surface area contributed by atoms with Crippen molar-refractivity contribution in [3.8, 4) is 6.07 Å². The maximum absolute atomic E-state index is 8.51. The van der Waals surface area contributed by atoms with Crippen molar-refractivity contribution in [1.82, 2.24) is 0 Å². The van der Waals surface area contributed by atoms with Crippen molar-refractivity contribution < 1.29 is 9.84 Å². The molecule has 1 rings (SSSR count). The van der Waals surface area contributed by atoms with Gasteiger partial charge >= 0.3 is 0 Å². The number of hydrogen-bond acceptors (Lipinski definition) is 3. The van der Waals surface area contributed by atoms with E-state index in [1.807, 2.05) is 0 Å². The van der Waals surface area contributed by atoms with Gasteiger partial charge in [-0.15, -0.1) is 0 Å². The standard InChI is InChI=1S/C4H5NO2/c5-1-3(6)4-2-7-4/h3-4,6H,2H2/t3-,4-/m1/s1. The minimum absolute atomic E-state index is 0.190. The maximum atomic E-state index is 8.51. The quantitative estimate of drug-likeness (QED) is 0.348. The molecule has 2 atom stereocenters. The molecule has 1 saturated heterocycles. The van der Waals surface area contributed by atoms with E-state index in [9.17, 15) is 0 Å². The van der Waals surface area contributed by atoms with Crippen LogP contribution in [0.4, 0.5) is 0 Å². The number of rotatable bonds is 1. The average molecular weight is 99.1 g/mol. The highest BCUT2D eigenvalue weighted by molar-refractivity contribution is 4.94. The molecule has 0 aromatic heterocycles. The van der Waals surface area contributed by atoms with Gasteiger partial charge in [0.1, 0.15) is 6.10 Å². The lowest BCUT2D eigenvalue weighted by atomic mass is 10.3. The monoisotopic (exact) mass is 99.0 g/mol. The normalized spacial score (nSPS) is 31.1. The fourth-order valence-electron chi connectivity index (χ4n) is 0.321. The molecule has 0 bridgehead atoms. The summed E-state index contributed by atoms with van der Waals surface area (Å²) < 4.78 is 4.59. The Balaban J connectivity index is 2.27. The van der Waals surface area contributed by atoms with Crippen molar-refractivity contribution >= 4 is 0 Å². The van der Waals surface area contributed by atoms with Gasteiger partial charge in [0.25, 0.3) is 0 Å². The van der Waals surface area contributed by atoms with Crippen LogP contribution < -0.4 is 0 Å². The summed E-state index contributed by atoms with van der Waals surface area (Å²) in [6, 6.07) is 1.66. The summed E-state index contributed by atoms with van der Waals surface area (Å²) >= 11 is 0. The lowest BCUT2D eigenvalue weighted by Crippen LogP contribution is -2.10. The van der Waals surface area contributed by atoms with Crippen LogP contribution in [0.1, 0.15) is 0 Å². The van der Waals surface area contributed by atoms with Crippen LogP contribution in [-0.4, -0.2) is 23.9 Å². The summed E-state index contributed by atoms with van der Waals surface area (Å²) in [5, 5.41) is 16.5. The van der Waals surface area contributed by atoms with Crippen LogP contribution in [0.15, 0.2) is 0 Å². The molecule has 0 aromatic rings. The molecule has 0 saturated carbocycles. The Bertz CT molecular complexity index is 103. The predicted octanol–water partition coefficient (Wildman–Crippen LogP) is -0.730. The number of hydrogen-bond donors (Lipinski definition) is 1. The fraction of sp³-hybridized carbons (Fsp3) is 0.750. The summed E-state index contributed by atoms with van der Waals surface area (Å²) in [6.45, 7) is 0.536. The predicted molar refractivity (Wildman–Crippen MR) is 21.4 cm³/mol. The largest absolute Gasteiger partial charge is 0.375 e. The molecular weight excluding hydrogens is 94.0 g/mol. The Morgan fingerprint density at radius 3 is 2.71 bits per heavy atom. The highest BCUT2D eigenvalue weighted by atomic mass is 16.6. The van der Waals surface area contributed by atoms with Crippen molar-refractivity contribution in [2.24, 2.45) is 0 Å². The number of nitriles is 1. The van der Waals surface area contributed by atoms with Gasteiger partial charge in [0.15, 0.2) is 6.10 Å². The molecule has 0 aliphatic carbocycles. The van der Waals surface area contributed by atoms with E-state index >= 15 is 0 Å². The van der Waals surface area contributed by atoms with Crippen molar-refractivity contribution in [3.63, 3.8) is 0 Å². The smallest absolute Gasteiger partial charge is 0.168 e. The number of aliphatic hydroxyl groups is 1. The molecule has 0 unspecified atom stereocenters. The van der Waals surface area contributed by atoms with E-state index in [-0.39, 0.29) is 6.10 Å². The average Bonchev–Trinajstić information content (AvgIpc) is 2.44. The number of ether oxygens (including phenoxy) is 1. The van der Waals surface area contributed by atoms with Gasteiger partial charge in [-0.25, -0.2) is 0 Å². The number of nitrogens with zero attached hydrogens (tertiary/aromatic N) is 1. The molecule has 0 amide bonds. The first-order valence-electron chi connectivity index (χ1n) is 2.04. The Labute approximate surface area is 41.1 Å². The van der Waals surface area contributed by atoms with E-state index in [0.717, 1.165) is 0 Å². The molecule has 0 aromatic carbocycles. The Hall–Kier alpha value is -0.590. The van der Waals surface area contributed by atoms with Crippen molar-refractivity contribution in [1.29, 1.82) is 5.26 Å². The van der Waals surface area contributed by atoms with Crippen LogP contribution in [-0.2, 0) is 4.74 Å². The van der Waals surface area contributed by atoms with Crippen LogP contribution in [0.2, 0.25) is 0 Å². The highest BCUT2D eigenvalue weighted by Crippen LogP contribution is 2.12. The van der Waals surface area contributed by atoms with E-state index in [2.05, 4.69) is 4.74 Å². The lowest BCUT2D eigenvalue weighted by molar-refractivity contribution is 0.184. The molecule has 1 aliphatic rings. The van der Waals surface area contributed by atoms with Crippen molar-refractivity contribution in [3.05, 3.63) is 0 Å². The van der Waals surface area contributed by atoms with Crippen LogP contribution in [0.5, 0.6) is 0 Å². The first kappa shape index (κ1) is 4.57. The van der Waals surface area contributed by atoms with E-state index in [4.69, 9.17) is 10.4 Å². The minimum Gasteiger partial charge on any atom is -0.375 e. The maximum Gasteiger partial charge on any atom is 0.168 e. The zero-order valence-corrected chi connectivity index (χ0v) is 3.66. The van der Waals surface area contributed by atoms with E-state index in [1.165, 1.54) is 0 Å². The topological polar surface area (TPSA) is 56.5 Å². The van der Waals surface area contributed by atoms with Gasteiger partial charge in [0.05, 0.1) is 12.7 Å². The van der Waals surface area contributed by atoms with Gasteiger partial charge in [0.2, 0.25) is 0 Å². The fourth-order valence-corrected chi connectivity index (χ4v) is 0.321. The summed E-state index contributed by atoms with van der Waals surface area (Å²) in [5.74, 6) is 0. The second-order valence-corrected chi connectivity index (χ2v) is 1.45. The van der Waals surface area contributed by atoms with Gasteiger partial charge in [0, 0.05) is 0 Å². The van der Waals surface area contributed by atoms with Gasteiger partial charge in [-0.2, -0.15) is 5.26 Å². The molecule has 3 heteroatoms. The van der Waals surface area contributed by atoms with Gasteiger partial charge < -0.3 is 9.84 Å². The minimum atomic E-state index is -0.903. The summed E-state index contributed by atoms with van der Waals surface area (Å²) in [6.07, 6.45) is -1.09. The molecule has 1 heterocycles. The molecule has 3 nitrogen and oxygen atoms in total. The second kappa shape index (κ2) is 1.49. The molecular formula is C4H5NO2. The molecule has 1 aliphatic heterocycles. The van der Waals surface area contributed by atoms with E-state index < -0.39 is 6.10 Å². The van der Waals surface area contributed by atoms with Crippen molar-refractivity contribution in [2.45, 2.75) is 12.2 Å².